The number of thiazole rings is 1. The number of benzene rings is 1. The van der Waals surface area contributed by atoms with Gasteiger partial charge >= 0.3 is 0 Å². The number of nitrogens with one attached hydrogen (secondary N) is 1. The summed E-state index contributed by atoms with van der Waals surface area (Å²) < 4.78 is 6.58. The van der Waals surface area contributed by atoms with Crippen LogP contribution in [0.15, 0.2) is 24.3 Å². The lowest BCUT2D eigenvalue weighted by atomic mass is 10.2. The fourth-order valence-corrected chi connectivity index (χ4v) is 4.07. The molecule has 0 bridgehead atoms. The van der Waals surface area contributed by atoms with E-state index in [0.29, 0.717) is 16.8 Å². The van der Waals surface area contributed by atoms with Crippen LogP contribution in [-0.2, 0) is 17.7 Å². The Kier molecular flexibility index (Phi) is 5.31. The first-order chi connectivity index (χ1) is 12.7. The second kappa shape index (κ2) is 7.84. The summed E-state index contributed by atoms with van der Waals surface area (Å²) in [6.45, 7) is 6.56. The number of ether oxygens (including phenoxy) is 1. The number of aromatic nitrogens is 3. The summed E-state index contributed by atoms with van der Waals surface area (Å²) in [5, 5.41) is 4.50. The zero-order chi connectivity index (χ0) is 17.9. The molecular weight excluding hydrogens is 370 g/mol. The molecule has 3 heterocycles. The van der Waals surface area contributed by atoms with Crippen molar-refractivity contribution in [3.8, 4) is 0 Å². The Morgan fingerprint density at radius 3 is 2.85 bits per heavy atom. The zero-order valence-corrected chi connectivity index (χ0v) is 16.1. The molecule has 0 atom stereocenters. The van der Waals surface area contributed by atoms with Gasteiger partial charge in [0.25, 0.3) is 0 Å². The first-order valence-electron chi connectivity index (χ1n) is 8.69. The Balaban J connectivity index is 1.52. The number of anilines is 2. The fourth-order valence-electron chi connectivity index (χ4n) is 2.93. The van der Waals surface area contributed by atoms with E-state index < -0.39 is 0 Å². The molecule has 4 rings (SSSR count). The third-order valence-electron chi connectivity index (χ3n) is 4.26. The van der Waals surface area contributed by atoms with Crippen molar-refractivity contribution in [2.24, 2.45) is 0 Å². The monoisotopic (exact) mass is 389 g/mol. The third kappa shape index (κ3) is 4.12. The molecule has 8 heteroatoms. The van der Waals surface area contributed by atoms with E-state index in [9.17, 15) is 0 Å². The van der Waals surface area contributed by atoms with E-state index in [1.54, 1.807) is 17.4 Å². The lowest BCUT2D eigenvalue weighted by Gasteiger charge is -2.26. The molecule has 136 valence electrons. The van der Waals surface area contributed by atoms with Crippen LogP contribution < -0.4 is 5.32 Å². The summed E-state index contributed by atoms with van der Waals surface area (Å²) in [5.41, 5.74) is 2.28. The van der Waals surface area contributed by atoms with Crippen molar-refractivity contribution in [2.75, 3.05) is 31.6 Å². The molecule has 6 nitrogen and oxygen atoms in total. The summed E-state index contributed by atoms with van der Waals surface area (Å²) in [6, 6.07) is 8.17. The fraction of sp³-hybridized carbons (Fsp3) is 0.389. The second-order valence-electron chi connectivity index (χ2n) is 6.18. The molecule has 1 fully saturated rings. The minimum atomic E-state index is 0.438. The van der Waals surface area contributed by atoms with Gasteiger partial charge in [-0.1, -0.05) is 35.9 Å². The van der Waals surface area contributed by atoms with Gasteiger partial charge in [0.15, 0.2) is 5.13 Å². The van der Waals surface area contributed by atoms with Crippen molar-refractivity contribution in [1.29, 1.82) is 0 Å². The van der Waals surface area contributed by atoms with Crippen LogP contribution in [-0.4, -0.2) is 46.2 Å². The number of halogens is 1. The number of hydrogen-bond donors (Lipinski definition) is 1. The van der Waals surface area contributed by atoms with Crippen LogP contribution in [0, 0.1) is 0 Å². The second-order valence-corrected chi connectivity index (χ2v) is 7.60. The SMILES string of the molecule is CCc1nc(Cl)cc(Nc2nc3ccc(CN4CCOCC4)cc3s2)n1. The van der Waals surface area contributed by atoms with E-state index in [1.165, 1.54) is 5.56 Å². The van der Waals surface area contributed by atoms with Gasteiger partial charge in [0, 0.05) is 32.1 Å². The van der Waals surface area contributed by atoms with Crippen molar-refractivity contribution in [3.05, 3.63) is 40.8 Å². The van der Waals surface area contributed by atoms with Crippen molar-refractivity contribution in [2.45, 2.75) is 19.9 Å². The summed E-state index contributed by atoms with van der Waals surface area (Å²) in [5.74, 6) is 1.39. The van der Waals surface area contributed by atoms with Crippen molar-refractivity contribution in [1.82, 2.24) is 19.9 Å². The molecule has 1 saturated heterocycles. The zero-order valence-electron chi connectivity index (χ0n) is 14.5. The van der Waals surface area contributed by atoms with Crippen molar-refractivity contribution in [3.63, 3.8) is 0 Å². The molecule has 1 aliphatic rings. The lowest BCUT2D eigenvalue weighted by Crippen LogP contribution is -2.35. The average molecular weight is 390 g/mol. The molecule has 0 radical (unpaired) electrons. The Morgan fingerprint density at radius 1 is 1.19 bits per heavy atom. The van der Waals surface area contributed by atoms with Crippen LogP contribution in [0.3, 0.4) is 0 Å². The number of morpholine rings is 1. The van der Waals surface area contributed by atoms with E-state index >= 15 is 0 Å². The van der Waals surface area contributed by atoms with Gasteiger partial charge in [0.05, 0.1) is 23.4 Å². The molecule has 1 N–H and O–H groups in total. The van der Waals surface area contributed by atoms with Gasteiger partial charge < -0.3 is 10.1 Å². The van der Waals surface area contributed by atoms with Crippen molar-refractivity contribution >= 4 is 44.1 Å². The Bertz CT molecular complexity index is 910. The van der Waals surface area contributed by atoms with Gasteiger partial charge in [-0.15, -0.1) is 0 Å². The first-order valence-corrected chi connectivity index (χ1v) is 9.89. The van der Waals surface area contributed by atoms with E-state index in [2.05, 4.69) is 43.4 Å². The first kappa shape index (κ1) is 17.6. The van der Waals surface area contributed by atoms with E-state index in [1.807, 2.05) is 6.92 Å². The molecule has 0 unspecified atom stereocenters. The summed E-state index contributed by atoms with van der Waals surface area (Å²) >= 11 is 7.68. The average Bonchev–Trinajstić information content (AvgIpc) is 3.03. The lowest BCUT2D eigenvalue weighted by molar-refractivity contribution is 0.0342. The standard InChI is InChI=1S/C18H20ClN5OS/c1-2-16-21-15(19)10-17(22-16)23-18-20-13-4-3-12(9-14(13)26-18)11-24-5-7-25-8-6-24/h3-4,9-10H,2,5-8,11H2,1H3,(H,20,21,22,23). The normalized spacial score (nSPS) is 15.5. The maximum Gasteiger partial charge on any atom is 0.189 e. The van der Waals surface area contributed by atoms with Crippen LogP contribution in [0.5, 0.6) is 0 Å². The van der Waals surface area contributed by atoms with Gasteiger partial charge in [-0.05, 0) is 17.7 Å². The predicted octanol–water partition coefficient (Wildman–Crippen LogP) is 3.88. The molecular formula is C18H20ClN5OS. The number of hydrogen-bond acceptors (Lipinski definition) is 7. The largest absolute Gasteiger partial charge is 0.379 e. The molecule has 26 heavy (non-hydrogen) atoms. The van der Waals surface area contributed by atoms with Crippen LogP contribution in [0.4, 0.5) is 10.9 Å². The Labute approximate surface area is 161 Å². The maximum atomic E-state index is 6.07. The molecule has 0 spiro atoms. The molecule has 1 aromatic carbocycles. The van der Waals surface area contributed by atoms with Gasteiger partial charge in [0.2, 0.25) is 0 Å². The highest BCUT2D eigenvalue weighted by Gasteiger charge is 2.12. The van der Waals surface area contributed by atoms with Crippen molar-refractivity contribution < 1.29 is 4.74 Å². The molecule has 2 aromatic heterocycles. The Hall–Kier alpha value is -1.80. The highest BCUT2D eigenvalue weighted by molar-refractivity contribution is 7.22. The maximum absolute atomic E-state index is 6.07. The minimum absolute atomic E-state index is 0.438. The third-order valence-corrected chi connectivity index (χ3v) is 5.38. The van der Waals surface area contributed by atoms with E-state index in [4.69, 9.17) is 16.3 Å². The van der Waals surface area contributed by atoms with E-state index in [0.717, 1.165) is 54.6 Å². The topological polar surface area (TPSA) is 63.2 Å². The molecule has 1 aliphatic heterocycles. The molecule has 0 amide bonds. The number of rotatable bonds is 5. The summed E-state index contributed by atoms with van der Waals surface area (Å²) in [4.78, 5) is 15.7. The molecule has 0 aliphatic carbocycles. The van der Waals surface area contributed by atoms with Gasteiger partial charge in [0.1, 0.15) is 16.8 Å². The molecule has 3 aromatic rings. The van der Waals surface area contributed by atoms with Gasteiger partial charge in [-0.2, -0.15) is 0 Å². The minimum Gasteiger partial charge on any atom is -0.379 e. The van der Waals surface area contributed by atoms with E-state index in [-0.39, 0.29) is 0 Å². The van der Waals surface area contributed by atoms with Gasteiger partial charge in [-0.25, -0.2) is 15.0 Å². The predicted molar refractivity (Wildman–Crippen MR) is 105 cm³/mol. The smallest absolute Gasteiger partial charge is 0.189 e. The number of aryl methyl sites for hydroxylation is 1. The number of fused-ring (bicyclic) bond motifs is 1. The molecule has 0 saturated carbocycles. The van der Waals surface area contributed by atoms with Crippen LogP contribution in [0.2, 0.25) is 5.15 Å². The summed E-state index contributed by atoms with van der Waals surface area (Å²) in [6.07, 6.45) is 0.736. The van der Waals surface area contributed by atoms with Crippen LogP contribution in [0.25, 0.3) is 10.2 Å². The Morgan fingerprint density at radius 2 is 2.04 bits per heavy atom. The number of nitrogens with zero attached hydrogens (tertiary/aromatic N) is 4. The highest BCUT2D eigenvalue weighted by Crippen LogP contribution is 2.29. The van der Waals surface area contributed by atoms with Crippen LogP contribution >= 0.6 is 22.9 Å². The van der Waals surface area contributed by atoms with Crippen LogP contribution in [0.1, 0.15) is 18.3 Å². The van der Waals surface area contributed by atoms with Gasteiger partial charge in [-0.3, -0.25) is 4.90 Å². The quantitative estimate of drug-likeness (QED) is 0.668. The summed E-state index contributed by atoms with van der Waals surface area (Å²) in [7, 11) is 0. The highest BCUT2D eigenvalue weighted by atomic mass is 35.5.